The van der Waals surface area contributed by atoms with E-state index >= 15 is 0 Å². The molecule has 6 heteroatoms. The van der Waals surface area contributed by atoms with E-state index in [-0.39, 0.29) is 17.7 Å². The van der Waals surface area contributed by atoms with Gasteiger partial charge in [-0.25, -0.2) is 0 Å². The molecule has 3 heterocycles. The summed E-state index contributed by atoms with van der Waals surface area (Å²) in [6, 6.07) is 12.3. The summed E-state index contributed by atoms with van der Waals surface area (Å²) in [4.78, 5) is 30.8. The van der Waals surface area contributed by atoms with Crippen molar-refractivity contribution in [2.24, 2.45) is 5.92 Å². The van der Waals surface area contributed by atoms with Crippen LogP contribution in [0.15, 0.2) is 60.4 Å². The van der Waals surface area contributed by atoms with Gasteiger partial charge in [-0.2, -0.15) is 0 Å². The number of rotatable bonds is 4. The minimum Gasteiger partial charge on any atom is -0.381 e. The number of allylic oxidation sites excluding steroid dienone is 2. The van der Waals surface area contributed by atoms with Gasteiger partial charge in [0.2, 0.25) is 0 Å². The van der Waals surface area contributed by atoms with Crippen LogP contribution in [-0.4, -0.2) is 29.9 Å². The van der Waals surface area contributed by atoms with Crippen LogP contribution >= 0.6 is 0 Å². The molecule has 1 saturated heterocycles. The summed E-state index contributed by atoms with van der Waals surface area (Å²) in [7, 11) is 0. The first kappa shape index (κ1) is 22.1. The molecule has 6 nitrogen and oxygen atoms in total. The number of fused-ring (bicyclic) bond motifs is 2. The van der Waals surface area contributed by atoms with Crippen LogP contribution in [0.3, 0.4) is 0 Å². The Morgan fingerprint density at radius 2 is 1.77 bits per heavy atom. The normalized spacial score (nSPS) is 21.1. The van der Waals surface area contributed by atoms with Crippen molar-refractivity contribution in [3.05, 3.63) is 82.7 Å². The second kappa shape index (κ2) is 8.68. The van der Waals surface area contributed by atoms with Crippen molar-refractivity contribution in [2.75, 3.05) is 23.4 Å². The lowest BCUT2D eigenvalue weighted by molar-refractivity contribution is -0.113. The van der Waals surface area contributed by atoms with E-state index in [2.05, 4.69) is 30.1 Å². The van der Waals surface area contributed by atoms with Crippen LogP contribution in [0.5, 0.6) is 0 Å². The minimum absolute atomic E-state index is 0.0341. The van der Waals surface area contributed by atoms with E-state index in [0.717, 1.165) is 42.6 Å². The molecule has 2 amide bonds. The molecule has 35 heavy (non-hydrogen) atoms. The highest BCUT2D eigenvalue weighted by atomic mass is 16.5. The number of ether oxygens (including phenoxy) is 1. The lowest BCUT2D eigenvalue weighted by Crippen LogP contribution is -2.38. The summed E-state index contributed by atoms with van der Waals surface area (Å²) >= 11 is 0. The van der Waals surface area contributed by atoms with Crippen LogP contribution in [0.4, 0.5) is 11.4 Å². The maximum atomic E-state index is 13.8. The zero-order valence-corrected chi connectivity index (χ0v) is 20.2. The number of nitrogens with zero attached hydrogens (tertiary/aromatic N) is 2. The van der Waals surface area contributed by atoms with Gasteiger partial charge in [0.05, 0.1) is 11.4 Å². The number of hydrogen-bond donors (Lipinski definition) is 1. The van der Waals surface area contributed by atoms with E-state index < -0.39 is 0 Å². The van der Waals surface area contributed by atoms with Gasteiger partial charge in [0.15, 0.2) is 0 Å². The molecule has 4 aliphatic rings. The molecule has 0 unspecified atom stereocenters. The van der Waals surface area contributed by atoms with E-state index in [4.69, 9.17) is 4.74 Å². The van der Waals surface area contributed by atoms with Crippen molar-refractivity contribution in [3.63, 3.8) is 0 Å². The van der Waals surface area contributed by atoms with Gasteiger partial charge in [0.1, 0.15) is 5.70 Å². The SMILES string of the molecule is C=C(C1CCOCC1)N1/C(=C\C)C(=O)Nc2cc(C(=O)N3Cc4ccccc4C3)c(C3CC3)cc21. The highest BCUT2D eigenvalue weighted by molar-refractivity contribution is 6.13. The van der Waals surface area contributed by atoms with Crippen molar-refractivity contribution in [3.8, 4) is 0 Å². The van der Waals surface area contributed by atoms with E-state index in [1.807, 2.05) is 41.0 Å². The van der Waals surface area contributed by atoms with Crippen molar-refractivity contribution in [1.29, 1.82) is 0 Å². The summed E-state index contributed by atoms with van der Waals surface area (Å²) in [5, 5.41) is 3.05. The molecule has 6 rings (SSSR count). The van der Waals surface area contributed by atoms with Gasteiger partial charge >= 0.3 is 0 Å². The minimum atomic E-state index is -0.167. The molecular formula is C29H31N3O3. The standard InChI is InChI=1S/C29H31N3O3/c1-3-26-28(33)30-25-14-24(29(34)31-16-21-6-4-5-7-22(21)17-31)23(20-8-9-20)15-27(25)32(26)18(2)19-10-12-35-13-11-19/h3-7,14-15,19-20H,2,8-13,16-17H2,1H3,(H,30,33)/b26-3-. The fourth-order valence-electron chi connectivity index (χ4n) is 5.65. The number of nitrogens with one attached hydrogen (secondary N) is 1. The van der Waals surface area contributed by atoms with Gasteiger partial charge < -0.3 is 19.9 Å². The Hall–Kier alpha value is -3.38. The molecule has 0 bridgehead atoms. The van der Waals surface area contributed by atoms with Gasteiger partial charge in [0, 0.05) is 43.5 Å². The molecule has 0 atom stereocenters. The summed E-state index contributed by atoms with van der Waals surface area (Å²) in [5.74, 6) is 0.506. The number of carbonyl (C=O) groups excluding carboxylic acids is 2. The summed E-state index contributed by atoms with van der Waals surface area (Å²) in [6.07, 6.45) is 5.81. The first-order valence-corrected chi connectivity index (χ1v) is 12.6. The highest BCUT2D eigenvalue weighted by Gasteiger charge is 2.37. The van der Waals surface area contributed by atoms with Crippen molar-refractivity contribution in [2.45, 2.75) is 51.6 Å². The molecule has 0 spiro atoms. The zero-order valence-electron chi connectivity index (χ0n) is 20.2. The third-order valence-electron chi connectivity index (χ3n) is 7.76. The quantitative estimate of drug-likeness (QED) is 0.616. The molecule has 0 radical (unpaired) electrons. The molecule has 2 aromatic rings. The van der Waals surface area contributed by atoms with Gasteiger partial charge in [-0.15, -0.1) is 0 Å². The number of carbonyl (C=O) groups is 2. The Balaban J connectivity index is 1.40. The largest absolute Gasteiger partial charge is 0.381 e. The molecule has 2 fully saturated rings. The molecule has 1 N–H and O–H groups in total. The molecule has 0 aromatic heterocycles. The molecular weight excluding hydrogens is 438 g/mol. The Morgan fingerprint density at radius 3 is 2.40 bits per heavy atom. The fraction of sp³-hybridized carbons (Fsp3) is 0.379. The summed E-state index contributed by atoms with van der Waals surface area (Å²) in [5.41, 5.74) is 7.31. The molecule has 1 aliphatic carbocycles. The highest BCUT2D eigenvalue weighted by Crippen LogP contribution is 2.48. The third kappa shape index (κ3) is 3.86. The summed E-state index contributed by atoms with van der Waals surface area (Å²) < 4.78 is 5.56. The van der Waals surface area contributed by atoms with Crippen molar-refractivity contribution < 1.29 is 14.3 Å². The zero-order chi connectivity index (χ0) is 24.1. The van der Waals surface area contributed by atoms with Crippen LogP contribution in [0, 0.1) is 5.92 Å². The lowest BCUT2D eigenvalue weighted by Gasteiger charge is -2.39. The predicted octanol–water partition coefficient (Wildman–Crippen LogP) is 5.32. The topological polar surface area (TPSA) is 61.9 Å². The average molecular weight is 470 g/mol. The molecule has 1 saturated carbocycles. The van der Waals surface area contributed by atoms with Gasteiger partial charge in [-0.3, -0.25) is 9.59 Å². The monoisotopic (exact) mass is 469 g/mol. The van der Waals surface area contributed by atoms with E-state index in [0.29, 0.717) is 49.2 Å². The van der Waals surface area contributed by atoms with Crippen LogP contribution in [0.25, 0.3) is 0 Å². The Kier molecular flexibility index (Phi) is 5.49. The smallest absolute Gasteiger partial charge is 0.272 e. The fourth-order valence-corrected chi connectivity index (χ4v) is 5.65. The van der Waals surface area contributed by atoms with E-state index in [1.165, 1.54) is 11.1 Å². The van der Waals surface area contributed by atoms with Crippen LogP contribution < -0.4 is 10.2 Å². The number of benzene rings is 2. The van der Waals surface area contributed by atoms with Crippen molar-refractivity contribution >= 4 is 23.2 Å². The van der Waals surface area contributed by atoms with E-state index in [9.17, 15) is 9.59 Å². The van der Waals surface area contributed by atoms with Crippen LogP contribution in [0.2, 0.25) is 0 Å². The molecule has 2 aromatic carbocycles. The second-order valence-electron chi connectivity index (χ2n) is 10.0. The van der Waals surface area contributed by atoms with Gasteiger partial charge in [0.25, 0.3) is 11.8 Å². The number of anilines is 2. The third-order valence-corrected chi connectivity index (χ3v) is 7.76. The first-order chi connectivity index (χ1) is 17.0. The first-order valence-electron chi connectivity index (χ1n) is 12.6. The van der Waals surface area contributed by atoms with Gasteiger partial charge in [-0.1, -0.05) is 36.9 Å². The van der Waals surface area contributed by atoms with Gasteiger partial charge in [-0.05, 0) is 67.3 Å². The molecule has 180 valence electrons. The Labute approximate surface area is 206 Å². The van der Waals surface area contributed by atoms with Crippen LogP contribution in [0.1, 0.15) is 65.6 Å². The Bertz CT molecular complexity index is 1230. The number of amides is 2. The number of hydrogen-bond acceptors (Lipinski definition) is 4. The molecule has 3 aliphatic heterocycles. The van der Waals surface area contributed by atoms with E-state index in [1.54, 1.807) is 0 Å². The average Bonchev–Trinajstić information content (AvgIpc) is 3.64. The second-order valence-corrected chi connectivity index (χ2v) is 10.0. The predicted molar refractivity (Wildman–Crippen MR) is 136 cm³/mol. The van der Waals surface area contributed by atoms with Crippen molar-refractivity contribution in [1.82, 2.24) is 4.90 Å². The maximum Gasteiger partial charge on any atom is 0.272 e. The lowest BCUT2D eigenvalue weighted by atomic mass is 9.93. The Morgan fingerprint density at radius 1 is 1.09 bits per heavy atom. The van der Waals surface area contributed by atoms with Crippen LogP contribution in [-0.2, 0) is 22.6 Å². The maximum absolute atomic E-state index is 13.8. The summed E-state index contributed by atoms with van der Waals surface area (Å²) in [6.45, 7) is 8.99.